The molecule has 0 bridgehead atoms. The van der Waals surface area contributed by atoms with Crippen LogP contribution in [-0.2, 0) is 4.79 Å². The lowest BCUT2D eigenvalue weighted by Gasteiger charge is -2.14. The van der Waals surface area contributed by atoms with Crippen molar-refractivity contribution in [2.24, 2.45) is 0 Å². The summed E-state index contributed by atoms with van der Waals surface area (Å²) in [5, 5.41) is 5.90. The van der Waals surface area contributed by atoms with Gasteiger partial charge in [-0.2, -0.15) is 0 Å². The van der Waals surface area contributed by atoms with Gasteiger partial charge in [-0.3, -0.25) is 9.59 Å². The lowest BCUT2D eigenvalue weighted by Crippen LogP contribution is -2.20. The maximum absolute atomic E-state index is 12.5. The van der Waals surface area contributed by atoms with Gasteiger partial charge in [-0.1, -0.05) is 49.7 Å². The fraction of sp³-hybridized carbons (Fsp3) is 0.231. The smallest absolute Gasteiger partial charge is 0.262 e. The predicted octanol–water partition coefficient (Wildman–Crippen LogP) is 6.13. The van der Waals surface area contributed by atoms with Gasteiger partial charge in [-0.05, 0) is 54.3 Å². The van der Waals surface area contributed by atoms with Crippen molar-refractivity contribution < 1.29 is 19.1 Å². The minimum Gasteiger partial charge on any atom is -0.494 e. The largest absolute Gasteiger partial charge is 0.494 e. The van der Waals surface area contributed by atoms with Crippen LogP contribution in [0, 0.1) is 0 Å². The van der Waals surface area contributed by atoms with Gasteiger partial charge < -0.3 is 20.1 Å². The van der Waals surface area contributed by atoms with E-state index < -0.39 is 0 Å². The standard InChI is InChI=1S/C26H27ClN2O4/c1-4-17(2)18-9-12-20(13-10-18)33-16-25(30)28-19-11-14-23(24(15-19)32-3)29-26(31)21-7-5-6-8-22(21)27/h5-15,17H,4,16H2,1-3H3,(H,28,30)(H,29,31). The Labute approximate surface area is 198 Å². The molecule has 1 atom stereocenters. The van der Waals surface area contributed by atoms with Crippen LogP contribution in [0.1, 0.15) is 42.1 Å². The number of carbonyl (C=O) groups is 2. The molecule has 0 fully saturated rings. The molecule has 0 aliphatic rings. The minimum atomic E-state index is -0.358. The molecule has 3 rings (SSSR count). The first-order chi connectivity index (χ1) is 15.9. The van der Waals surface area contributed by atoms with Crippen molar-refractivity contribution >= 4 is 34.8 Å². The number of benzene rings is 3. The molecule has 0 aromatic heterocycles. The molecule has 1 unspecified atom stereocenters. The van der Waals surface area contributed by atoms with Crippen molar-refractivity contribution in [1.82, 2.24) is 0 Å². The minimum absolute atomic E-state index is 0.129. The topological polar surface area (TPSA) is 76.7 Å². The number of hydrogen-bond acceptors (Lipinski definition) is 4. The van der Waals surface area contributed by atoms with Crippen LogP contribution in [0.15, 0.2) is 66.7 Å². The van der Waals surface area contributed by atoms with Crippen molar-refractivity contribution in [1.29, 1.82) is 0 Å². The number of amides is 2. The molecular formula is C26H27ClN2O4. The molecule has 0 heterocycles. The number of hydrogen-bond donors (Lipinski definition) is 2. The molecule has 7 heteroatoms. The van der Waals surface area contributed by atoms with E-state index in [1.54, 1.807) is 42.5 Å². The van der Waals surface area contributed by atoms with Gasteiger partial charge in [-0.15, -0.1) is 0 Å². The molecule has 0 aliphatic heterocycles. The fourth-order valence-electron chi connectivity index (χ4n) is 3.18. The van der Waals surface area contributed by atoms with Crippen LogP contribution in [0.3, 0.4) is 0 Å². The summed E-state index contributed by atoms with van der Waals surface area (Å²) in [6.07, 6.45) is 1.06. The van der Waals surface area contributed by atoms with Gasteiger partial charge in [0.05, 0.1) is 23.4 Å². The Hall–Kier alpha value is -3.51. The fourth-order valence-corrected chi connectivity index (χ4v) is 3.40. The lowest BCUT2D eigenvalue weighted by molar-refractivity contribution is -0.118. The zero-order chi connectivity index (χ0) is 23.8. The predicted molar refractivity (Wildman–Crippen MR) is 132 cm³/mol. The van der Waals surface area contributed by atoms with Crippen LogP contribution in [-0.4, -0.2) is 25.5 Å². The van der Waals surface area contributed by atoms with Crippen molar-refractivity contribution in [2.45, 2.75) is 26.2 Å². The number of carbonyl (C=O) groups excluding carboxylic acids is 2. The van der Waals surface area contributed by atoms with Crippen LogP contribution >= 0.6 is 11.6 Å². The van der Waals surface area contributed by atoms with E-state index in [1.165, 1.54) is 12.7 Å². The number of rotatable bonds is 9. The molecule has 33 heavy (non-hydrogen) atoms. The third-order valence-corrected chi connectivity index (χ3v) is 5.61. The Kier molecular flexibility index (Phi) is 8.33. The van der Waals surface area contributed by atoms with Crippen molar-refractivity contribution in [2.75, 3.05) is 24.4 Å². The van der Waals surface area contributed by atoms with Gasteiger partial charge in [-0.25, -0.2) is 0 Å². The van der Waals surface area contributed by atoms with Gasteiger partial charge >= 0.3 is 0 Å². The normalized spacial score (nSPS) is 11.4. The Morgan fingerprint density at radius 3 is 2.39 bits per heavy atom. The molecule has 3 aromatic carbocycles. The van der Waals surface area contributed by atoms with Crippen LogP contribution in [0.4, 0.5) is 11.4 Å². The molecular weight excluding hydrogens is 440 g/mol. The number of halogens is 1. The van der Waals surface area contributed by atoms with Gasteiger partial charge in [0.2, 0.25) is 0 Å². The van der Waals surface area contributed by atoms with E-state index in [4.69, 9.17) is 21.1 Å². The van der Waals surface area contributed by atoms with E-state index in [9.17, 15) is 9.59 Å². The van der Waals surface area contributed by atoms with E-state index in [-0.39, 0.29) is 18.4 Å². The van der Waals surface area contributed by atoms with E-state index >= 15 is 0 Å². The molecule has 0 saturated heterocycles. The summed E-state index contributed by atoms with van der Waals surface area (Å²) in [7, 11) is 1.48. The van der Waals surface area contributed by atoms with Gasteiger partial charge in [0, 0.05) is 11.8 Å². The second kappa shape index (κ2) is 11.4. The van der Waals surface area contributed by atoms with Gasteiger partial charge in [0.15, 0.2) is 6.61 Å². The van der Waals surface area contributed by atoms with Gasteiger partial charge in [0.1, 0.15) is 11.5 Å². The van der Waals surface area contributed by atoms with E-state index in [0.717, 1.165) is 6.42 Å². The number of methoxy groups -OCH3 is 1. The van der Waals surface area contributed by atoms with Crippen LogP contribution in [0.2, 0.25) is 5.02 Å². The van der Waals surface area contributed by atoms with Crippen LogP contribution < -0.4 is 20.1 Å². The Morgan fingerprint density at radius 1 is 1.00 bits per heavy atom. The van der Waals surface area contributed by atoms with Gasteiger partial charge in [0.25, 0.3) is 11.8 Å². The molecule has 0 radical (unpaired) electrons. The molecule has 3 aromatic rings. The first-order valence-corrected chi connectivity index (χ1v) is 11.1. The number of ether oxygens (including phenoxy) is 2. The number of nitrogens with one attached hydrogen (secondary N) is 2. The highest BCUT2D eigenvalue weighted by molar-refractivity contribution is 6.34. The Morgan fingerprint density at radius 2 is 1.73 bits per heavy atom. The van der Waals surface area contributed by atoms with Crippen LogP contribution in [0.25, 0.3) is 0 Å². The molecule has 0 aliphatic carbocycles. The first-order valence-electron chi connectivity index (χ1n) is 10.7. The summed E-state index contributed by atoms with van der Waals surface area (Å²) in [4.78, 5) is 24.9. The molecule has 0 saturated carbocycles. The van der Waals surface area contributed by atoms with E-state index in [2.05, 4.69) is 24.5 Å². The first kappa shape index (κ1) is 24.1. The highest BCUT2D eigenvalue weighted by Gasteiger charge is 2.14. The molecule has 6 nitrogen and oxygen atoms in total. The summed E-state index contributed by atoms with van der Waals surface area (Å²) >= 11 is 6.09. The second-order valence-corrected chi connectivity index (χ2v) is 7.97. The van der Waals surface area contributed by atoms with Crippen molar-refractivity contribution in [3.63, 3.8) is 0 Å². The van der Waals surface area contributed by atoms with E-state index in [0.29, 0.717) is 39.4 Å². The quantitative estimate of drug-likeness (QED) is 0.397. The summed E-state index contributed by atoms with van der Waals surface area (Å²) in [5.41, 5.74) is 2.57. The monoisotopic (exact) mass is 466 g/mol. The lowest BCUT2D eigenvalue weighted by atomic mass is 9.99. The zero-order valence-corrected chi connectivity index (χ0v) is 19.6. The third-order valence-electron chi connectivity index (χ3n) is 5.28. The number of anilines is 2. The molecule has 0 spiro atoms. The Balaban J connectivity index is 1.59. The average molecular weight is 467 g/mol. The van der Waals surface area contributed by atoms with Crippen molar-refractivity contribution in [3.8, 4) is 11.5 Å². The van der Waals surface area contributed by atoms with E-state index in [1.807, 2.05) is 24.3 Å². The second-order valence-electron chi connectivity index (χ2n) is 7.56. The summed E-state index contributed by atoms with van der Waals surface area (Å²) in [6, 6.07) is 19.5. The van der Waals surface area contributed by atoms with Crippen molar-refractivity contribution in [3.05, 3.63) is 82.9 Å². The molecule has 2 amide bonds. The zero-order valence-electron chi connectivity index (χ0n) is 18.9. The highest BCUT2D eigenvalue weighted by atomic mass is 35.5. The SMILES string of the molecule is CCC(C)c1ccc(OCC(=O)Nc2ccc(NC(=O)c3ccccc3Cl)c(OC)c2)cc1. The summed E-state index contributed by atoms with van der Waals surface area (Å²) < 4.78 is 11.0. The summed E-state index contributed by atoms with van der Waals surface area (Å²) in [5.74, 6) is 0.844. The summed E-state index contributed by atoms with van der Waals surface area (Å²) in [6.45, 7) is 4.19. The molecule has 2 N–H and O–H groups in total. The maximum atomic E-state index is 12.5. The Bertz CT molecular complexity index is 1120. The molecule has 172 valence electrons. The average Bonchev–Trinajstić information content (AvgIpc) is 2.83. The maximum Gasteiger partial charge on any atom is 0.262 e. The van der Waals surface area contributed by atoms with Crippen LogP contribution in [0.5, 0.6) is 11.5 Å². The third kappa shape index (κ3) is 6.49. The highest BCUT2D eigenvalue weighted by Crippen LogP contribution is 2.29.